The van der Waals surface area contributed by atoms with Crippen molar-refractivity contribution in [2.45, 2.75) is 38.5 Å². The minimum Gasteiger partial charge on any atom is -0.484 e. The molecule has 174 valence electrons. The number of carbonyl (C=O) groups excluding carboxylic acids is 1. The van der Waals surface area contributed by atoms with Crippen LogP contribution < -0.4 is 14.8 Å². The highest BCUT2D eigenvalue weighted by atomic mass is 35.5. The van der Waals surface area contributed by atoms with Gasteiger partial charge in [-0.1, -0.05) is 49.7 Å². The Hall–Kier alpha value is -3.03. The van der Waals surface area contributed by atoms with Gasteiger partial charge in [0.2, 0.25) is 0 Å². The summed E-state index contributed by atoms with van der Waals surface area (Å²) in [6, 6.07) is 16.8. The topological polar surface area (TPSA) is 84.5 Å². The van der Waals surface area contributed by atoms with Gasteiger partial charge in [-0.15, -0.1) is 0 Å². The standard InChI is InChI=1S/C25H27ClN2O4S/c1-4-18-7-6-8-19(5-2)25(18)27-24(29)16-32-21-11-13-22(14-12-21)33(30,31)28-20-10-9-17(3)23(26)15-20/h6-15,28H,4-5,16H2,1-3H3,(H,27,29). The first kappa shape index (κ1) is 24.6. The summed E-state index contributed by atoms with van der Waals surface area (Å²) in [5.41, 5.74) is 4.20. The van der Waals surface area contributed by atoms with Crippen LogP contribution in [0.4, 0.5) is 11.4 Å². The molecular weight excluding hydrogens is 460 g/mol. The quantitative estimate of drug-likeness (QED) is 0.412. The predicted molar refractivity (Wildman–Crippen MR) is 133 cm³/mol. The first-order chi connectivity index (χ1) is 15.7. The molecule has 0 radical (unpaired) electrons. The van der Waals surface area contributed by atoms with Gasteiger partial charge in [0.15, 0.2) is 6.61 Å². The third kappa shape index (κ3) is 6.27. The van der Waals surface area contributed by atoms with Crippen LogP contribution in [0.15, 0.2) is 65.6 Å². The van der Waals surface area contributed by atoms with E-state index in [1.54, 1.807) is 18.2 Å². The van der Waals surface area contributed by atoms with Crippen LogP contribution in [-0.2, 0) is 27.7 Å². The predicted octanol–water partition coefficient (Wildman–Crippen LogP) is 5.59. The van der Waals surface area contributed by atoms with Crippen molar-refractivity contribution in [3.63, 3.8) is 0 Å². The van der Waals surface area contributed by atoms with Crippen LogP contribution >= 0.6 is 11.6 Å². The molecule has 3 aromatic carbocycles. The maximum atomic E-state index is 12.6. The fourth-order valence-corrected chi connectivity index (χ4v) is 4.54. The van der Waals surface area contributed by atoms with E-state index in [0.29, 0.717) is 16.5 Å². The Bertz CT molecular complexity index is 1220. The normalized spacial score (nSPS) is 11.2. The van der Waals surface area contributed by atoms with E-state index in [0.717, 1.165) is 35.2 Å². The Morgan fingerprint density at radius 2 is 1.61 bits per heavy atom. The summed E-state index contributed by atoms with van der Waals surface area (Å²) >= 11 is 6.07. The Morgan fingerprint density at radius 1 is 0.970 bits per heavy atom. The molecule has 6 nitrogen and oxygen atoms in total. The molecule has 0 aliphatic rings. The molecule has 0 atom stereocenters. The van der Waals surface area contributed by atoms with Crippen molar-refractivity contribution in [2.75, 3.05) is 16.6 Å². The lowest BCUT2D eigenvalue weighted by Crippen LogP contribution is -2.21. The summed E-state index contributed by atoms with van der Waals surface area (Å²) in [6.07, 6.45) is 1.62. The van der Waals surface area contributed by atoms with Crippen LogP contribution in [0.2, 0.25) is 5.02 Å². The summed E-state index contributed by atoms with van der Waals surface area (Å²) in [4.78, 5) is 12.5. The maximum Gasteiger partial charge on any atom is 0.262 e. The van der Waals surface area contributed by atoms with Crippen LogP contribution in [0, 0.1) is 6.92 Å². The van der Waals surface area contributed by atoms with Crippen LogP contribution in [0.5, 0.6) is 5.75 Å². The molecule has 8 heteroatoms. The van der Waals surface area contributed by atoms with Gasteiger partial charge in [-0.05, 0) is 72.9 Å². The molecule has 0 bridgehead atoms. The van der Waals surface area contributed by atoms with Crippen molar-refractivity contribution in [2.24, 2.45) is 0 Å². The zero-order valence-electron chi connectivity index (χ0n) is 18.8. The second-order valence-corrected chi connectivity index (χ2v) is 9.63. The van der Waals surface area contributed by atoms with Crippen LogP contribution in [-0.4, -0.2) is 20.9 Å². The van der Waals surface area contributed by atoms with Gasteiger partial charge in [0.05, 0.1) is 10.6 Å². The molecule has 1 amide bonds. The molecule has 0 aliphatic heterocycles. The molecule has 0 saturated heterocycles. The highest BCUT2D eigenvalue weighted by molar-refractivity contribution is 7.92. The van der Waals surface area contributed by atoms with Crippen molar-refractivity contribution >= 4 is 38.9 Å². The molecule has 3 rings (SSSR count). The summed E-state index contributed by atoms with van der Waals surface area (Å²) in [6.45, 7) is 5.73. The molecule has 33 heavy (non-hydrogen) atoms. The highest BCUT2D eigenvalue weighted by Gasteiger charge is 2.15. The summed E-state index contributed by atoms with van der Waals surface area (Å²) in [5, 5.41) is 3.42. The molecule has 2 N–H and O–H groups in total. The Kier molecular flexibility index (Phi) is 8.00. The molecule has 0 heterocycles. The van der Waals surface area contributed by atoms with E-state index in [2.05, 4.69) is 10.0 Å². The van der Waals surface area contributed by atoms with Crippen molar-refractivity contribution in [1.29, 1.82) is 0 Å². The molecule has 0 unspecified atom stereocenters. The van der Waals surface area contributed by atoms with Gasteiger partial charge in [0, 0.05) is 10.7 Å². The maximum absolute atomic E-state index is 12.6. The number of rotatable bonds is 9. The number of anilines is 2. The lowest BCUT2D eigenvalue weighted by molar-refractivity contribution is -0.118. The number of carbonyl (C=O) groups is 1. The zero-order valence-corrected chi connectivity index (χ0v) is 20.4. The molecule has 3 aromatic rings. The molecule has 0 fully saturated rings. The van der Waals surface area contributed by atoms with Crippen LogP contribution in [0.25, 0.3) is 0 Å². The first-order valence-corrected chi connectivity index (χ1v) is 12.5. The lowest BCUT2D eigenvalue weighted by Gasteiger charge is -2.15. The number of para-hydroxylation sites is 1. The highest BCUT2D eigenvalue weighted by Crippen LogP contribution is 2.24. The number of nitrogens with one attached hydrogen (secondary N) is 2. The van der Waals surface area contributed by atoms with Crippen molar-refractivity contribution in [3.8, 4) is 5.75 Å². The minimum absolute atomic E-state index is 0.0699. The number of halogens is 1. The van der Waals surface area contributed by atoms with E-state index >= 15 is 0 Å². The summed E-state index contributed by atoms with van der Waals surface area (Å²) < 4.78 is 33.3. The number of benzene rings is 3. The lowest BCUT2D eigenvalue weighted by atomic mass is 10.0. The fourth-order valence-electron chi connectivity index (χ4n) is 3.31. The third-order valence-corrected chi connectivity index (χ3v) is 7.00. The molecule has 0 aliphatic carbocycles. The number of ether oxygens (including phenoxy) is 1. The smallest absolute Gasteiger partial charge is 0.262 e. The number of hydrogen-bond acceptors (Lipinski definition) is 4. The second kappa shape index (κ2) is 10.7. The van der Waals surface area contributed by atoms with Crippen LogP contribution in [0.3, 0.4) is 0 Å². The average molecular weight is 487 g/mol. The van der Waals surface area contributed by atoms with Gasteiger partial charge < -0.3 is 10.1 Å². The average Bonchev–Trinajstić information content (AvgIpc) is 2.80. The van der Waals surface area contributed by atoms with Gasteiger partial charge in [0.25, 0.3) is 15.9 Å². The molecule has 0 saturated carbocycles. The Labute approximate surface area is 200 Å². The largest absolute Gasteiger partial charge is 0.484 e. The zero-order chi connectivity index (χ0) is 24.0. The second-order valence-electron chi connectivity index (χ2n) is 7.54. The molecule has 0 aromatic heterocycles. The van der Waals surface area contributed by atoms with Crippen molar-refractivity contribution in [1.82, 2.24) is 0 Å². The molecular formula is C25H27ClN2O4S. The number of sulfonamides is 1. The number of hydrogen-bond donors (Lipinski definition) is 2. The van der Waals surface area contributed by atoms with Crippen LogP contribution in [0.1, 0.15) is 30.5 Å². The van der Waals surface area contributed by atoms with E-state index in [4.69, 9.17) is 16.3 Å². The van der Waals surface area contributed by atoms with E-state index in [9.17, 15) is 13.2 Å². The third-order valence-electron chi connectivity index (χ3n) is 5.19. The summed E-state index contributed by atoms with van der Waals surface area (Å²) in [7, 11) is -3.79. The van der Waals surface area contributed by atoms with Gasteiger partial charge in [0.1, 0.15) is 5.75 Å². The van der Waals surface area contributed by atoms with E-state index in [1.807, 2.05) is 39.0 Å². The van der Waals surface area contributed by atoms with Gasteiger partial charge in [-0.3, -0.25) is 9.52 Å². The number of amides is 1. The molecule has 0 spiro atoms. The van der Waals surface area contributed by atoms with E-state index in [-0.39, 0.29) is 17.4 Å². The minimum atomic E-state index is -3.79. The van der Waals surface area contributed by atoms with Gasteiger partial charge in [-0.2, -0.15) is 0 Å². The van der Waals surface area contributed by atoms with Crippen molar-refractivity contribution in [3.05, 3.63) is 82.4 Å². The van der Waals surface area contributed by atoms with Gasteiger partial charge >= 0.3 is 0 Å². The first-order valence-electron chi connectivity index (χ1n) is 10.7. The fraction of sp³-hybridized carbons (Fsp3) is 0.240. The van der Waals surface area contributed by atoms with Crippen molar-refractivity contribution < 1.29 is 17.9 Å². The monoisotopic (exact) mass is 486 g/mol. The van der Waals surface area contributed by atoms with E-state index in [1.165, 1.54) is 24.3 Å². The summed E-state index contributed by atoms with van der Waals surface area (Å²) in [5.74, 6) is 0.113. The Balaban J connectivity index is 1.63. The van der Waals surface area contributed by atoms with Gasteiger partial charge in [-0.25, -0.2) is 8.42 Å². The SMILES string of the molecule is CCc1cccc(CC)c1NC(=O)COc1ccc(S(=O)(=O)Nc2ccc(C)c(Cl)c2)cc1. The number of aryl methyl sites for hydroxylation is 3. The Morgan fingerprint density at radius 3 is 2.18 bits per heavy atom. The van der Waals surface area contributed by atoms with E-state index < -0.39 is 10.0 Å².